The average molecular weight is 330 g/mol. The lowest BCUT2D eigenvalue weighted by Gasteiger charge is -2.04. The zero-order chi connectivity index (χ0) is 13.5. The zero-order valence-corrected chi connectivity index (χ0v) is 12.0. The Kier molecular flexibility index (Phi) is 5.60. The number of methoxy groups -OCH3 is 1. The van der Waals surface area contributed by atoms with Crippen LogP contribution < -0.4 is 21.3 Å². The normalized spacial score (nSPS) is 10.1. The van der Waals surface area contributed by atoms with Crippen molar-refractivity contribution >= 4 is 45.2 Å². The molecule has 0 radical (unpaired) electrons. The number of halogens is 1. The quantitative estimate of drug-likeness (QED) is 0.443. The Morgan fingerprint density at radius 1 is 1.50 bits per heavy atom. The highest BCUT2D eigenvalue weighted by atomic mass is 79.9. The number of hydrazine groups is 1. The van der Waals surface area contributed by atoms with Gasteiger partial charge >= 0.3 is 0 Å². The third-order valence-corrected chi connectivity index (χ3v) is 2.63. The van der Waals surface area contributed by atoms with Gasteiger partial charge in [0.1, 0.15) is 5.75 Å². The van der Waals surface area contributed by atoms with Gasteiger partial charge in [0.25, 0.3) is 5.91 Å². The standard InChI is InChI=1S/C11H12BrN3O2S/c1-17-9-4-2-7(6-8(9)12)3-5-10(16)14-15-11(13)18/h2-6H,1H3,(H,14,16)(H3,13,15,18)/b5-3+. The molecule has 0 saturated carbocycles. The molecule has 0 aromatic heterocycles. The van der Waals surface area contributed by atoms with Crippen LogP contribution in [0, 0.1) is 0 Å². The molecular formula is C11H12BrN3O2S. The summed E-state index contributed by atoms with van der Waals surface area (Å²) in [7, 11) is 1.59. The number of rotatable bonds is 3. The van der Waals surface area contributed by atoms with Gasteiger partial charge in [-0.25, -0.2) is 0 Å². The minimum absolute atomic E-state index is 0.00365. The highest BCUT2D eigenvalue weighted by Crippen LogP contribution is 2.25. The van der Waals surface area contributed by atoms with E-state index in [4.69, 9.17) is 10.5 Å². The molecule has 18 heavy (non-hydrogen) atoms. The third kappa shape index (κ3) is 4.72. The SMILES string of the molecule is COc1ccc(/C=C/C(=O)NNC(N)=S)cc1Br. The van der Waals surface area contributed by atoms with Crippen LogP contribution in [0.15, 0.2) is 28.7 Å². The fourth-order valence-corrected chi connectivity index (χ4v) is 1.73. The highest BCUT2D eigenvalue weighted by Gasteiger charge is 2.00. The number of nitrogens with two attached hydrogens (primary N) is 1. The smallest absolute Gasteiger partial charge is 0.262 e. The Labute approximate surface area is 118 Å². The number of nitrogens with one attached hydrogen (secondary N) is 2. The summed E-state index contributed by atoms with van der Waals surface area (Å²) >= 11 is 7.90. The Morgan fingerprint density at radius 2 is 2.22 bits per heavy atom. The molecular weight excluding hydrogens is 318 g/mol. The van der Waals surface area contributed by atoms with Gasteiger partial charge in [0.05, 0.1) is 11.6 Å². The van der Waals surface area contributed by atoms with Gasteiger partial charge in [-0.1, -0.05) is 6.07 Å². The van der Waals surface area contributed by atoms with Crippen molar-refractivity contribution < 1.29 is 9.53 Å². The van der Waals surface area contributed by atoms with Gasteiger partial charge in [-0.3, -0.25) is 15.6 Å². The van der Waals surface area contributed by atoms with Crippen molar-refractivity contribution in [3.8, 4) is 5.75 Å². The number of hydrogen-bond donors (Lipinski definition) is 3. The zero-order valence-electron chi connectivity index (χ0n) is 9.57. The van der Waals surface area contributed by atoms with Crippen LogP contribution in [0.25, 0.3) is 6.08 Å². The van der Waals surface area contributed by atoms with E-state index < -0.39 is 0 Å². The van der Waals surface area contributed by atoms with Crippen LogP contribution in [-0.2, 0) is 4.79 Å². The summed E-state index contributed by atoms with van der Waals surface area (Å²) in [6.07, 6.45) is 3.01. The van der Waals surface area contributed by atoms with Gasteiger partial charge in [-0.05, 0) is 51.9 Å². The topological polar surface area (TPSA) is 76.4 Å². The average Bonchev–Trinajstić information content (AvgIpc) is 2.34. The van der Waals surface area contributed by atoms with E-state index in [-0.39, 0.29) is 11.0 Å². The lowest BCUT2D eigenvalue weighted by atomic mass is 10.2. The summed E-state index contributed by atoms with van der Waals surface area (Å²) < 4.78 is 5.92. The molecule has 1 rings (SSSR count). The lowest BCUT2D eigenvalue weighted by Crippen LogP contribution is -2.43. The van der Waals surface area contributed by atoms with E-state index in [1.54, 1.807) is 19.3 Å². The number of amides is 1. The minimum atomic E-state index is -0.352. The fraction of sp³-hybridized carbons (Fsp3) is 0.0909. The van der Waals surface area contributed by atoms with Crippen molar-refractivity contribution in [1.82, 2.24) is 10.9 Å². The first-order chi connectivity index (χ1) is 8.52. The highest BCUT2D eigenvalue weighted by molar-refractivity contribution is 9.10. The summed E-state index contributed by atoms with van der Waals surface area (Å²) in [5.41, 5.74) is 10.7. The number of hydrogen-bond acceptors (Lipinski definition) is 3. The maximum absolute atomic E-state index is 11.3. The predicted molar refractivity (Wildman–Crippen MR) is 77.8 cm³/mol. The molecule has 4 N–H and O–H groups in total. The lowest BCUT2D eigenvalue weighted by molar-refractivity contribution is -0.116. The number of benzene rings is 1. The number of thiocarbonyl (C=S) groups is 1. The Hall–Kier alpha value is -1.60. The number of carbonyl (C=O) groups is 1. The molecule has 1 aromatic rings. The van der Waals surface area contributed by atoms with Gasteiger partial charge < -0.3 is 10.5 Å². The van der Waals surface area contributed by atoms with Gasteiger partial charge in [0.2, 0.25) is 0 Å². The van der Waals surface area contributed by atoms with Gasteiger partial charge in [-0.2, -0.15) is 0 Å². The first-order valence-electron chi connectivity index (χ1n) is 4.90. The summed E-state index contributed by atoms with van der Waals surface area (Å²) in [5, 5.41) is 0.00365. The molecule has 0 saturated heterocycles. The van der Waals surface area contributed by atoms with Crippen LogP contribution in [-0.4, -0.2) is 18.1 Å². The van der Waals surface area contributed by atoms with Crippen molar-refractivity contribution in [1.29, 1.82) is 0 Å². The van der Waals surface area contributed by atoms with Crippen molar-refractivity contribution in [2.24, 2.45) is 5.73 Å². The van der Waals surface area contributed by atoms with Crippen LogP contribution in [0.5, 0.6) is 5.75 Å². The molecule has 0 bridgehead atoms. The van der Waals surface area contributed by atoms with Crippen LogP contribution in [0.1, 0.15) is 5.56 Å². The summed E-state index contributed by atoms with van der Waals surface area (Å²) in [6, 6.07) is 5.47. The largest absolute Gasteiger partial charge is 0.496 e. The first kappa shape index (κ1) is 14.5. The van der Waals surface area contributed by atoms with Crippen molar-refractivity contribution in [2.45, 2.75) is 0 Å². The van der Waals surface area contributed by atoms with Crippen molar-refractivity contribution in [3.63, 3.8) is 0 Å². The maximum Gasteiger partial charge on any atom is 0.262 e. The molecule has 5 nitrogen and oxygen atoms in total. The molecule has 0 spiro atoms. The molecule has 7 heteroatoms. The van der Waals surface area contributed by atoms with E-state index >= 15 is 0 Å². The third-order valence-electron chi connectivity index (χ3n) is 1.91. The molecule has 1 amide bonds. The monoisotopic (exact) mass is 329 g/mol. The second kappa shape index (κ2) is 6.97. The summed E-state index contributed by atoms with van der Waals surface area (Å²) in [5.74, 6) is 0.376. The van der Waals surface area contributed by atoms with Gasteiger partial charge in [-0.15, -0.1) is 0 Å². The summed E-state index contributed by atoms with van der Waals surface area (Å²) in [4.78, 5) is 11.3. The molecule has 0 aliphatic heterocycles. The predicted octanol–water partition coefficient (Wildman–Crippen LogP) is 1.34. The first-order valence-corrected chi connectivity index (χ1v) is 6.10. The van der Waals surface area contributed by atoms with Crippen LogP contribution in [0.3, 0.4) is 0 Å². The number of carbonyl (C=O) groups excluding carboxylic acids is 1. The van der Waals surface area contributed by atoms with E-state index in [2.05, 4.69) is 39.0 Å². The molecule has 0 unspecified atom stereocenters. The molecule has 1 aromatic carbocycles. The van der Waals surface area contributed by atoms with Crippen LogP contribution in [0.4, 0.5) is 0 Å². The van der Waals surface area contributed by atoms with Gasteiger partial charge in [0, 0.05) is 6.08 Å². The number of ether oxygens (including phenoxy) is 1. The summed E-state index contributed by atoms with van der Waals surface area (Å²) in [6.45, 7) is 0. The van der Waals surface area contributed by atoms with E-state index in [9.17, 15) is 4.79 Å². The van der Waals surface area contributed by atoms with E-state index in [0.717, 1.165) is 15.8 Å². The van der Waals surface area contributed by atoms with E-state index in [1.807, 2.05) is 12.1 Å². The Balaban J connectivity index is 2.64. The second-order valence-corrected chi connectivity index (χ2v) is 4.50. The Morgan fingerprint density at radius 3 is 2.78 bits per heavy atom. The molecule has 96 valence electrons. The van der Waals surface area contributed by atoms with E-state index in [1.165, 1.54) is 6.08 Å². The van der Waals surface area contributed by atoms with Crippen LogP contribution in [0.2, 0.25) is 0 Å². The fourth-order valence-electron chi connectivity index (χ4n) is 1.12. The minimum Gasteiger partial charge on any atom is -0.496 e. The molecule has 0 atom stereocenters. The second-order valence-electron chi connectivity index (χ2n) is 3.21. The molecule has 0 heterocycles. The molecule has 0 fully saturated rings. The van der Waals surface area contributed by atoms with Crippen molar-refractivity contribution in [2.75, 3.05) is 7.11 Å². The van der Waals surface area contributed by atoms with Crippen molar-refractivity contribution in [3.05, 3.63) is 34.3 Å². The van der Waals surface area contributed by atoms with Gasteiger partial charge in [0.15, 0.2) is 5.11 Å². The van der Waals surface area contributed by atoms with Crippen LogP contribution >= 0.6 is 28.1 Å². The Bertz CT molecular complexity index is 491. The molecule has 0 aliphatic rings. The molecule has 0 aliphatic carbocycles. The van der Waals surface area contributed by atoms with E-state index in [0.29, 0.717) is 0 Å². The maximum atomic E-state index is 11.3.